The highest BCUT2D eigenvalue weighted by molar-refractivity contribution is 4.88. The molecule has 3 atom stereocenters. The van der Waals surface area contributed by atoms with Crippen LogP contribution in [0.1, 0.15) is 45.4 Å². The van der Waals surface area contributed by atoms with Crippen LogP contribution in [0.4, 0.5) is 0 Å². The standard InChI is InChI=1S/C10H18/c1-2-8-6-7-9-4-3-5-10(8)9/h8-10H,2-7H2,1H3. The van der Waals surface area contributed by atoms with Crippen LogP contribution < -0.4 is 0 Å². The minimum atomic E-state index is 1.12. The molecule has 2 rings (SSSR count). The molecule has 0 spiro atoms. The van der Waals surface area contributed by atoms with E-state index in [2.05, 4.69) is 6.92 Å². The molecule has 0 nitrogen and oxygen atoms in total. The summed E-state index contributed by atoms with van der Waals surface area (Å²) in [7, 11) is 0. The van der Waals surface area contributed by atoms with Crippen LogP contribution in [0.25, 0.3) is 0 Å². The molecule has 0 radical (unpaired) electrons. The van der Waals surface area contributed by atoms with Crippen LogP contribution >= 0.6 is 0 Å². The van der Waals surface area contributed by atoms with Gasteiger partial charge in [0.15, 0.2) is 0 Å². The zero-order chi connectivity index (χ0) is 6.97. The van der Waals surface area contributed by atoms with Crippen LogP contribution in [0.15, 0.2) is 0 Å². The second kappa shape index (κ2) is 2.56. The van der Waals surface area contributed by atoms with Gasteiger partial charge < -0.3 is 0 Å². The van der Waals surface area contributed by atoms with E-state index in [9.17, 15) is 0 Å². The molecule has 0 saturated heterocycles. The van der Waals surface area contributed by atoms with Crippen molar-refractivity contribution < 1.29 is 0 Å². The van der Waals surface area contributed by atoms with Gasteiger partial charge in [0.2, 0.25) is 0 Å². The van der Waals surface area contributed by atoms with Crippen molar-refractivity contribution in [2.75, 3.05) is 0 Å². The summed E-state index contributed by atoms with van der Waals surface area (Å²) in [5, 5.41) is 0. The third kappa shape index (κ3) is 0.889. The summed E-state index contributed by atoms with van der Waals surface area (Å²) in [5.74, 6) is 3.43. The Kier molecular flexibility index (Phi) is 1.71. The third-order valence-electron chi connectivity index (χ3n) is 3.76. The Bertz CT molecular complexity index is 117. The van der Waals surface area contributed by atoms with E-state index in [1.165, 1.54) is 12.8 Å². The molecule has 3 unspecified atom stereocenters. The zero-order valence-corrected chi connectivity index (χ0v) is 6.97. The molecule has 10 heavy (non-hydrogen) atoms. The second-order valence-corrected chi connectivity index (χ2v) is 4.10. The minimum absolute atomic E-state index is 1.12. The van der Waals surface area contributed by atoms with E-state index in [0.717, 1.165) is 17.8 Å². The van der Waals surface area contributed by atoms with Crippen molar-refractivity contribution in [1.82, 2.24) is 0 Å². The largest absolute Gasteiger partial charge is 0.0651 e. The third-order valence-corrected chi connectivity index (χ3v) is 3.76. The lowest BCUT2D eigenvalue weighted by Gasteiger charge is -2.15. The molecule has 2 aliphatic carbocycles. The SMILES string of the molecule is CCC1CCC2CCCC12. The normalized spacial score (nSPS) is 45.9. The first-order chi connectivity index (χ1) is 4.92. The monoisotopic (exact) mass is 138 g/mol. The maximum Gasteiger partial charge on any atom is -0.0358 e. The van der Waals surface area contributed by atoms with Gasteiger partial charge in [-0.1, -0.05) is 26.2 Å². The lowest BCUT2D eigenvalue weighted by Crippen LogP contribution is -2.07. The van der Waals surface area contributed by atoms with Crippen molar-refractivity contribution in [3.05, 3.63) is 0 Å². The molecule has 0 bridgehead atoms. The lowest BCUT2D eigenvalue weighted by molar-refractivity contribution is 0.345. The molecule has 2 aliphatic rings. The fourth-order valence-electron chi connectivity index (χ4n) is 3.19. The molecular weight excluding hydrogens is 120 g/mol. The molecule has 58 valence electrons. The Morgan fingerprint density at radius 2 is 2.00 bits per heavy atom. The molecular formula is C10H18. The summed E-state index contributed by atoms with van der Waals surface area (Å²) in [5.41, 5.74) is 0. The van der Waals surface area contributed by atoms with Crippen LogP contribution in [0, 0.1) is 17.8 Å². The summed E-state index contributed by atoms with van der Waals surface area (Å²) in [6, 6.07) is 0. The smallest absolute Gasteiger partial charge is 0.0358 e. The van der Waals surface area contributed by atoms with Crippen molar-refractivity contribution in [3.63, 3.8) is 0 Å². The molecule has 0 aromatic carbocycles. The highest BCUT2D eigenvalue weighted by Gasteiger charge is 2.37. The zero-order valence-electron chi connectivity index (χ0n) is 6.97. The molecule has 0 amide bonds. The van der Waals surface area contributed by atoms with E-state index in [0.29, 0.717) is 0 Å². The average Bonchev–Trinajstić information content (AvgIpc) is 2.44. The Morgan fingerprint density at radius 3 is 2.80 bits per heavy atom. The van der Waals surface area contributed by atoms with Gasteiger partial charge in [-0.2, -0.15) is 0 Å². The summed E-state index contributed by atoms with van der Waals surface area (Å²) in [6.07, 6.45) is 9.20. The first-order valence-electron chi connectivity index (χ1n) is 4.92. The van der Waals surface area contributed by atoms with Gasteiger partial charge in [-0.3, -0.25) is 0 Å². The fourth-order valence-corrected chi connectivity index (χ4v) is 3.19. The first kappa shape index (κ1) is 6.69. The van der Waals surface area contributed by atoms with Crippen molar-refractivity contribution in [2.45, 2.75) is 45.4 Å². The van der Waals surface area contributed by atoms with Crippen molar-refractivity contribution >= 4 is 0 Å². The van der Waals surface area contributed by atoms with Gasteiger partial charge in [0.1, 0.15) is 0 Å². The van der Waals surface area contributed by atoms with Crippen molar-refractivity contribution in [1.29, 1.82) is 0 Å². The lowest BCUT2D eigenvalue weighted by atomic mass is 9.90. The number of hydrogen-bond acceptors (Lipinski definition) is 0. The predicted molar refractivity (Wildman–Crippen MR) is 43.8 cm³/mol. The van der Waals surface area contributed by atoms with Gasteiger partial charge in [0.25, 0.3) is 0 Å². The molecule has 2 saturated carbocycles. The van der Waals surface area contributed by atoms with Crippen LogP contribution in [-0.2, 0) is 0 Å². The number of fused-ring (bicyclic) bond motifs is 1. The summed E-state index contributed by atoms with van der Waals surface area (Å²) in [4.78, 5) is 0. The van der Waals surface area contributed by atoms with Gasteiger partial charge in [0.05, 0.1) is 0 Å². The molecule has 0 aromatic rings. The van der Waals surface area contributed by atoms with Gasteiger partial charge in [-0.05, 0) is 37.0 Å². The maximum absolute atomic E-state index is 2.37. The van der Waals surface area contributed by atoms with E-state index in [-0.39, 0.29) is 0 Å². The molecule has 0 heterocycles. The summed E-state index contributed by atoms with van der Waals surface area (Å²) < 4.78 is 0. The van der Waals surface area contributed by atoms with E-state index in [1.807, 2.05) is 0 Å². The molecule has 0 heteroatoms. The average molecular weight is 138 g/mol. The summed E-state index contributed by atoms with van der Waals surface area (Å²) in [6.45, 7) is 2.37. The van der Waals surface area contributed by atoms with Gasteiger partial charge in [-0.15, -0.1) is 0 Å². The topological polar surface area (TPSA) is 0 Å². The van der Waals surface area contributed by atoms with E-state index in [4.69, 9.17) is 0 Å². The van der Waals surface area contributed by atoms with Crippen LogP contribution in [0.2, 0.25) is 0 Å². The summed E-state index contributed by atoms with van der Waals surface area (Å²) >= 11 is 0. The molecule has 0 N–H and O–H groups in total. The van der Waals surface area contributed by atoms with Crippen LogP contribution in [0.5, 0.6) is 0 Å². The van der Waals surface area contributed by atoms with Gasteiger partial charge in [-0.25, -0.2) is 0 Å². The maximum atomic E-state index is 2.37. The van der Waals surface area contributed by atoms with Gasteiger partial charge >= 0.3 is 0 Å². The van der Waals surface area contributed by atoms with Gasteiger partial charge in [0, 0.05) is 0 Å². The quantitative estimate of drug-likeness (QED) is 0.522. The van der Waals surface area contributed by atoms with E-state index >= 15 is 0 Å². The van der Waals surface area contributed by atoms with Crippen molar-refractivity contribution in [3.8, 4) is 0 Å². The van der Waals surface area contributed by atoms with Crippen molar-refractivity contribution in [2.24, 2.45) is 17.8 Å². The highest BCUT2D eigenvalue weighted by atomic mass is 14.4. The Morgan fingerprint density at radius 1 is 1.10 bits per heavy atom. The fraction of sp³-hybridized carbons (Fsp3) is 1.00. The molecule has 2 fully saturated rings. The Labute approximate surface area is 64.0 Å². The minimum Gasteiger partial charge on any atom is -0.0651 e. The number of hydrogen-bond donors (Lipinski definition) is 0. The van der Waals surface area contributed by atoms with E-state index in [1.54, 1.807) is 25.7 Å². The molecule has 0 aliphatic heterocycles. The Balaban J connectivity index is 2.01. The second-order valence-electron chi connectivity index (χ2n) is 4.10. The van der Waals surface area contributed by atoms with Crippen LogP contribution in [-0.4, -0.2) is 0 Å². The van der Waals surface area contributed by atoms with E-state index < -0.39 is 0 Å². The number of rotatable bonds is 1. The highest BCUT2D eigenvalue weighted by Crippen LogP contribution is 2.48. The predicted octanol–water partition coefficient (Wildman–Crippen LogP) is 3.22. The Hall–Kier alpha value is 0. The first-order valence-corrected chi connectivity index (χ1v) is 4.92. The van der Waals surface area contributed by atoms with Crippen LogP contribution in [0.3, 0.4) is 0 Å². The molecule has 0 aromatic heterocycles.